The Morgan fingerprint density at radius 1 is 0.687 bits per heavy atom. The number of rotatable bonds is 20. The van der Waals surface area contributed by atoms with Gasteiger partial charge < -0.3 is 20.3 Å². The van der Waals surface area contributed by atoms with E-state index in [1.807, 2.05) is 0 Å². The monoisotopic (exact) mass is 1020 g/mol. The van der Waals surface area contributed by atoms with Crippen molar-refractivity contribution >= 4 is 115 Å². The molecule has 1 aliphatic rings. The maximum atomic E-state index is 12.0. The fourth-order valence-corrected chi connectivity index (χ4v) is 8.81. The van der Waals surface area contributed by atoms with Crippen molar-refractivity contribution in [2.24, 2.45) is 20.5 Å². The van der Waals surface area contributed by atoms with Gasteiger partial charge in [0.15, 0.2) is 5.37 Å². The van der Waals surface area contributed by atoms with Crippen LogP contribution in [-0.4, -0.2) is 96.4 Å². The molecule has 1 aromatic heterocycles. The lowest BCUT2D eigenvalue weighted by molar-refractivity contribution is -0.432. The van der Waals surface area contributed by atoms with Crippen LogP contribution in [0.15, 0.2) is 132 Å². The minimum absolute atomic E-state index is 0.00946. The first-order valence-corrected chi connectivity index (χ1v) is 25.3. The normalized spacial score (nSPS) is 14.5. The van der Waals surface area contributed by atoms with Gasteiger partial charge in [-0.2, -0.15) is 69.1 Å². The molecule has 7 N–H and O–H groups in total. The number of hydrogen-bond acceptors (Lipinski definition) is 23. The molecule has 1 aliphatic heterocycles. The zero-order chi connectivity index (χ0) is 48.1. The average Bonchev–Trinajstić information content (AvgIpc) is 4.08. The van der Waals surface area contributed by atoms with Crippen LogP contribution in [0, 0.1) is 0 Å². The summed E-state index contributed by atoms with van der Waals surface area (Å²) in [5, 5.41) is 33.2. The first-order chi connectivity index (χ1) is 31.6. The smallest absolute Gasteiger partial charge is 0.295 e. The van der Waals surface area contributed by atoms with E-state index in [1.165, 1.54) is 47.4 Å². The van der Waals surface area contributed by atoms with Crippen LogP contribution in [-0.2, 0) is 49.8 Å². The Morgan fingerprint density at radius 3 is 1.88 bits per heavy atom. The molecular weight excluding hydrogens is 989 g/mol. The number of aromatic nitrogens is 3. The minimum atomic E-state index is -4.89. The standard InChI is InChI=1S/C36H32N10O16S5/c47-61-62-63-27-10-6-24(7-11-27)43-45-26-9-13-30(31(18-26)60-14-1-15-64(48,49)50)38-35-39-34(40-36(41-35)46-20-33(46)67(57,58)59)37-22-2-4-23(5-3-22)42-44-25-8-12-29-21(16-25)17-28(65(51,52)53)19-32(29)66(54,55)56/h2-13,16-19,33,47H,1,14-15,20H2,(H,48,49,50)(H,51,52,53)(H,54,55,56)(H,57,58,59)(H2,37,38,39,40,41). The van der Waals surface area contributed by atoms with Crippen molar-refractivity contribution in [3.63, 3.8) is 0 Å². The lowest BCUT2D eigenvalue weighted by Crippen LogP contribution is -2.15. The van der Waals surface area contributed by atoms with Crippen LogP contribution in [0.1, 0.15) is 6.42 Å². The number of nitrogens with one attached hydrogen (secondary N) is 2. The molecule has 0 radical (unpaired) electrons. The van der Waals surface area contributed by atoms with Crippen LogP contribution in [0.25, 0.3) is 10.8 Å². The Bertz CT molecular complexity index is 3350. The number of ether oxygens (including phenoxy) is 1. The quantitative estimate of drug-likeness (QED) is 0.00772. The maximum absolute atomic E-state index is 12.0. The van der Waals surface area contributed by atoms with Crippen LogP contribution in [0.4, 0.5) is 52.0 Å². The SMILES string of the molecule is O=S(=O)(O)CCCOc1cc(N=Nc2ccc(SOOO)cc2)ccc1Nc1nc(Nc2ccc(N=Nc3ccc4c(S(=O)(=O)O)cc(S(=O)(=O)O)cc4c3)cc2)nc(N2CC2S(=O)(=O)O)n1. The van der Waals surface area contributed by atoms with E-state index >= 15 is 0 Å². The van der Waals surface area contributed by atoms with Crippen molar-refractivity contribution in [2.75, 3.05) is 34.4 Å². The van der Waals surface area contributed by atoms with Crippen molar-refractivity contribution in [3.05, 3.63) is 97.1 Å². The zero-order valence-corrected chi connectivity index (χ0v) is 37.6. The number of benzene rings is 5. The highest BCUT2D eigenvalue weighted by Gasteiger charge is 2.46. The molecule has 0 bridgehead atoms. The summed E-state index contributed by atoms with van der Waals surface area (Å²) < 4.78 is 142. The van der Waals surface area contributed by atoms with Gasteiger partial charge in [0.05, 0.1) is 64.3 Å². The highest BCUT2D eigenvalue weighted by atomic mass is 32.2. The summed E-state index contributed by atoms with van der Waals surface area (Å²) in [6.07, 6.45) is -0.0974. The number of hydrogen-bond donors (Lipinski definition) is 7. The van der Waals surface area contributed by atoms with Crippen molar-refractivity contribution < 1.29 is 71.2 Å². The topological polar surface area (TPSA) is 381 Å². The molecule has 0 amide bonds. The number of azo groups is 2. The summed E-state index contributed by atoms with van der Waals surface area (Å²) >= 11 is 0.750. The maximum Gasteiger partial charge on any atom is 0.295 e. The van der Waals surface area contributed by atoms with Gasteiger partial charge in [-0.15, -0.1) is 4.33 Å². The minimum Gasteiger partial charge on any atom is -0.491 e. The molecule has 0 aliphatic carbocycles. The first-order valence-electron chi connectivity index (χ1n) is 18.6. The molecule has 2 heterocycles. The van der Waals surface area contributed by atoms with Gasteiger partial charge in [-0.1, -0.05) is 11.1 Å². The van der Waals surface area contributed by atoms with Gasteiger partial charge in [-0.3, -0.25) is 18.2 Å². The molecule has 1 atom stereocenters. The van der Waals surface area contributed by atoms with E-state index in [9.17, 15) is 51.9 Å². The highest BCUT2D eigenvalue weighted by Crippen LogP contribution is 2.36. The summed E-state index contributed by atoms with van der Waals surface area (Å²) in [4.78, 5) is 13.3. The van der Waals surface area contributed by atoms with Crippen molar-refractivity contribution in [2.45, 2.75) is 26.5 Å². The number of nitrogens with zero attached hydrogens (tertiary/aromatic N) is 8. The van der Waals surface area contributed by atoms with E-state index < -0.39 is 61.4 Å². The Balaban J connectivity index is 1.13. The van der Waals surface area contributed by atoms with E-state index in [0.29, 0.717) is 28.0 Å². The lowest BCUT2D eigenvalue weighted by atomic mass is 10.1. The van der Waals surface area contributed by atoms with Gasteiger partial charge in [0.2, 0.25) is 17.8 Å². The molecule has 1 fully saturated rings. The Morgan fingerprint density at radius 2 is 1.28 bits per heavy atom. The van der Waals surface area contributed by atoms with Gasteiger partial charge in [-0.25, -0.2) is 5.26 Å². The second-order valence-corrected chi connectivity index (χ2v) is 20.5. The van der Waals surface area contributed by atoms with Gasteiger partial charge in [0.1, 0.15) is 10.6 Å². The lowest BCUT2D eigenvalue weighted by Gasteiger charge is -2.15. The molecule has 352 valence electrons. The summed E-state index contributed by atoms with van der Waals surface area (Å²) in [5.41, 5.74) is 1.78. The molecule has 31 heteroatoms. The zero-order valence-electron chi connectivity index (χ0n) is 33.5. The van der Waals surface area contributed by atoms with Crippen LogP contribution in [0.5, 0.6) is 5.75 Å². The predicted octanol–water partition coefficient (Wildman–Crippen LogP) is 6.96. The number of anilines is 5. The fraction of sp³-hybridized carbons (Fsp3) is 0.139. The molecule has 5 aromatic carbocycles. The van der Waals surface area contributed by atoms with Crippen LogP contribution >= 0.6 is 12.0 Å². The van der Waals surface area contributed by atoms with Gasteiger partial charge in [0, 0.05) is 22.0 Å². The molecule has 26 nitrogen and oxygen atoms in total. The molecule has 1 saturated heterocycles. The third-order valence-corrected chi connectivity index (χ3v) is 13.2. The Hall–Kier alpha value is -6.36. The second-order valence-electron chi connectivity index (χ2n) is 13.8. The van der Waals surface area contributed by atoms with Gasteiger partial charge >= 0.3 is 0 Å². The molecule has 7 rings (SSSR count). The number of fused-ring (bicyclic) bond motifs is 1. The van der Waals surface area contributed by atoms with E-state index in [2.05, 4.69) is 55.4 Å². The molecular formula is C36H32N10O16S5. The Kier molecular flexibility index (Phi) is 14.4. The van der Waals surface area contributed by atoms with Crippen LogP contribution in [0.2, 0.25) is 0 Å². The van der Waals surface area contributed by atoms with Crippen LogP contribution in [0.3, 0.4) is 0 Å². The average molecular weight is 1020 g/mol. The van der Waals surface area contributed by atoms with Crippen molar-refractivity contribution in [1.29, 1.82) is 0 Å². The fourth-order valence-electron chi connectivity index (χ4n) is 5.85. The summed E-state index contributed by atoms with van der Waals surface area (Å²) in [6, 6.07) is 22.7. The highest BCUT2D eigenvalue weighted by molar-refractivity contribution is 7.94. The van der Waals surface area contributed by atoms with Crippen LogP contribution < -0.4 is 20.3 Å². The Labute approximate surface area is 383 Å². The second kappa shape index (κ2) is 19.9. The summed E-state index contributed by atoms with van der Waals surface area (Å²) in [7, 11) is -18.6. The molecule has 1 unspecified atom stereocenters. The molecule has 6 aromatic rings. The predicted molar refractivity (Wildman–Crippen MR) is 238 cm³/mol. The van der Waals surface area contributed by atoms with Gasteiger partial charge in [0.25, 0.3) is 40.5 Å². The third-order valence-electron chi connectivity index (χ3n) is 8.94. The largest absolute Gasteiger partial charge is 0.491 e. The molecule has 67 heavy (non-hydrogen) atoms. The molecule has 0 spiro atoms. The summed E-state index contributed by atoms with van der Waals surface area (Å²) in [6.45, 7) is -0.323. The van der Waals surface area contributed by atoms with Gasteiger partial charge in [-0.05, 0) is 96.7 Å². The van der Waals surface area contributed by atoms with E-state index in [0.717, 1.165) is 18.1 Å². The van der Waals surface area contributed by atoms with Crippen molar-refractivity contribution in [3.8, 4) is 5.75 Å². The molecule has 0 saturated carbocycles. The first kappa shape index (κ1) is 48.6. The third kappa shape index (κ3) is 13.4. The summed E-state index contributed by atoms with van der Waals surface area (Å²) in [5.74, 6) is -0.884. The van der Waals surface area contributed by atoms with E-state index in [4.69, 9.17) is 9.99 Å². The van der Waals surface area contributed by atoms with Crippen molar-refractivity contribution in [1.82, 2.24) is 15.0 Å². The van der Waals surface area contributed by atoms with E-state index in [-0.39, 0.29) is 71.0 Å². The van der Waals surface area contributed by atoms with E-state index in [1.54, 1.807) is 42.5 Å².